The molecule has 0 fully saturated rings. The van der Waals surface area contributed by atoms with E-state index in [1.807, 2.05) is 30.5 Å². The summed E-state index contributed by atoms with van der Waals surface area (Å²) in [5.41, 5.74) is 1.86. The summed E-state index contributed by atoms with van der Waals surface area (Å²) in [4.78, 5) is 13.7. The van der Waals surface area contributed by atoms with Crippen molar-refractivity contribution in [2.45, 2.75) is 5.92 Å². The predicted molar refractivity (Wildman–Crippen MR) is 70.7 cm³/mol. The lowest BCUT2D eigenvalue weighted by Crippen LogP contribution is -2.13. The summed E-state index contributed by atoms with van der Waals surface area (Å²) in [6.07, 6.45) is 3.36. The van der Waals surface area contributed by atoms with Crippen molar-refractivity contribution in [3.05, 3.63) is 70.3 Å². The number of rotatable bonds is 4. The second-order valence-electron chi connectivity index (χ2n) is 4.37. The number of nitrogens with zero attached hydrogens (tertiary/aromatic N) is 1. The molecule has 2 aromatic heterocycles. The van der Waals surface area contributed by atoms with Crippen LogP contribution in [-0.4, -0.2) is 16.5 Å². The molecule has 0 saturated heterocycles. The molecule has 0 saturated carbocycles. The minimum absolute atomic E-state index is 0.185. The molecular weight excluding hydrogens is 244 g/mol. The third kappa shape index (κ3) is 2.10. The number of hydrogen-bond donors (Lipinski definition) is 1. The predicted octanol–water partition coefficient (Wildman–Crippen LogP) is 3.17. The van der Waals surface area contributed by atoms with Gasteiger partial charge in [0.05, 0.1) is 6.26 Å². The highest BCUT2D eigenvalue weighted by molar-refractivity contribution is 5.84. The number of aromatic nitrogens is 1. The zero-order chi connectivity index (χ0) is 13.2. The normalized spacial score (nSPS) is 12.6. The molecule has 0 aliphatic heterocycles. The monoisotopic (exact) mass is 256 g/mol. The minimum Gasteiger partial charge on any atom is -0.468 e. The van der Waals surface area contributed by atoms with E-state index in [-0.39, 0.29) is 17.4 Å². The van der Waals surface area contributed by atoms with E-state index in [0.717, 1.165) is 16.5 Å². The van der Waals surface area contributed by atoms with Crippen molar-refractivity contribution < 1.29 is 9.34 Å². The SMILES string of the molecule is O=[N+]([O-])C[C@H](c1ccco1)c1c[nH]c2ccccc12. The third-order valence-corrected chi connectivity index (χ3v) is 3.21. The highest BCUT2D eigenvalue weighted by Crippen LogP contribution is 2.31. The van der Waals surface area contributed by atoms with Crippen molar-refractivity contribution in [1.29, 1.82) is 0 Å². The zero-order valence-electron chi connectivity index (χ0n) is 10.1. The van der Waals surface area contributed by atoms with Crippen LogP contribution >= 0.6 is 0 Å². The van der Waals surface area contributed by atoms with Crippen molar-refractivity contribution in [3.8, 4) is 0 Å². The number of H-pyrrole nitrogens is 1. The summed E-state index contributed by atoms with van der Waals surface area (Å²) in [5.74, 6) is 0.239. The molecule has 3 aromatic rings. The van der Waals surface area contributed by atoms with Crippen LogP contribution in [0.1, 0.15) is 17.2 Å². The fourth-order valence-corrected chi connectivity index (χ4v) is 2.36. The first-order valence-corrected chi connectivity index (χ1v) is 5.97. The molecule has 1 aromatic carbocycles. The molecular formula is C14H12N2O3. The highest BCUT2D eigenvalue weighted by atomic mass is 16.6. The molecule has 1 atom stereocenters. The first kappa shape index (κ1) is 11.5. The number of benzene rings is 1. The zero-order valence-corrected chi connectivity index (χ0v) is 10.1. The van der Waals surface area contributed by atoms with Crippen LogP contribution in [0.4, 0.5) is 0 Å². The Morgan fingerprint density at radius 2 is 2.11 bits per heavy atom. The first-order valence-electron chi connectivity index (χ1n) is 5.97. The molecule has 0 unspecified atom stereocenters. The number of para-hydroxylation sites is 1. The topological polar surface area (TPSA) is 72.1 Å². The molecule has 2 heterocycles. The number of nitrogens with one attached hydrogen (secondary N) is 1. The lowest BCUT2D eigenvalue weighted by molar-refractivity contribution is -0.482. The maximum Gasteiger partial charge on any atom is 0.217 e. The van der Waals surface area contributed by atoms with Crippen LogP contribution in [0.15, 0.2) is 53.3 Å². The summed E-state index contributed by atoms with van der Waals surface area (Å²) in [5, 5.41) is 11.9. The Morgan fingerprint density at radius 3 is 2.84 bits per heavy atom. The standard InChI is InChI=1S/C14H12N2O3/c17-16(18)9-12(14-6-3-7-19-14)11-8-15-13-5-2-1-4-10(11)13/h1-8,12,15H,9H2/t12-/m0/s1. The number of aromatic amines is 1. The smallest absolute Gasteiger partial charge is 0.217 e. The van der Waals surface area contributed by atoms with Crippen molar-refractivity contribution in [1.82, 2.24) is 4.98 Å². The lowest BCUT2D eigenvalue weighted by atomic mass is 9.96. The van der Waals surface area contributed by atoms with Crippen LogP contribution < -0.4 is 0 Å². The number of furan rings is 1. The van der Waals surface area contributed by atoms with Gasteiger partial charge in [-0.15, -0.1) is 0 Å². The Hall–Kier alpha value is -2.56. The number of nitro groups is 1. The van der Waals surface area contributed by atoms with Crippen molar-refractivity contribution in [2.75, 3.05) is 6.54 Å². The van der Waals surface area contributed by atoms with Crippen LogP contribution in [0.3, 0.4) is 0 Å². The molecule has 1 N–H and O–H groups in total. The lowest BCUT2D eigenvalue weighted by Gasteiger charge is -2.09. The van der Waals surface area contributed by atoms with E-state index in [1.165, 1.54) is 6.26 Å². The second kappa shape index (κ2) is 4.61. The van der Waals surface area contributed by atoms with Gasteiger partial charge in [0.1, 0.15) is 11.7 Å². The van der Waals surface area contributed by atoms with E-state index in [0.29, 0.717) is 5.76 Å². The molecule has 0 amide bonds. The maximum atomic E-state index is 10.9. The summed E-state index contributed by atoms with van der Waals surface area (Å²) >= 11 is 0. The Kier molecular flexibility index (Phi) is 2.79. The maximum absolute atomic E-state index is 10.9. The van der Waals surface area contributed by atoms with Crippen molar-refractivity contribution in [3.63, 3.8) is 0 Å². The second-order valence-corrected chi connectivity index (χ2v) is 4.37. The molecule has 96 valence electrons. The molecule has 0 bridgehead atoms. The number of fused-ring (bicyclic) bond motifs is 1. The Bertz CT molecular complexity index is 700. The van der Waals surface area contributed by atoms with Gasteiger partial charge in [-0.25, -0.2) is 0 Å². The molecule has 3 rings (SSSR count). The molecule has 0 aliphatic rings. The van der Waals surface area contributed by atoms with Gasteiger partial charge in [-0.1, -0.05) is 18.2 Å². The molecule has 0 aliphatic carbocycles. The van der Waals surface area contributed by atoms with E-state index in [1.54, 1.807) is 12.1 Å². The summed E-state index contributed by atoms with van der Waals surface area (Å²) in [7, 11) is 0. The molecule has 19 heavy (non-hydrogen) atoms. The van der Waals surface area contributed by atoms with Crippen LogP contribution in [0.5, 0.6) is 0 Å². The third-order valence-electron chi connectivity index (χ3n) is 3.21. The molecule has 5 nitrogen and oxygen atoms in total. The Labute approximate surface area is 109 Å². The Balaban J connectivity index is 2.11. The van der Waals surface area contributed by atoms with Gasteiger partial charge < -0.3 is 9.40 Å². The quantitative estimate of drug-likeness (QED) is 0.575. The molecule has 0 spiro atoms. The highest BCUT2D eigenvalue weighted by Gasteiger charge is 2.25. The van der Waals surface area contributed by atoms with Crippen molar-refractivity contribution in [2.24, 2.45) is 0 Å². The first-order chi connectivity index (χ1) is 9.25. The van der Waals surface area contributed by atoms with Gasteiger partial charge in [-0.2, -0.15) is 0 Å². The fourth-order valence-electron chi connectivity index (χ4n) is 2.36. The van der Waals surface area contributed by atoms with Gasteiger partial charge >= 0.3 is 0 Å². The molecule has 5 heteroatoms. The van der Waals surface area contributed by atoms with Gasteiger partial charge in [-0.3, -0.25) is 10.1 Å². The van der Waals surface area contributed by atoms with E-state index in [4.69, 9.17) is 4.42 Å². The van der Waals surface area contributed by atoms with Crippen LogP contribution in [0, 0.1) is 10.1 Å². The van der Waals surface area contributed by atoms with Crippen LogP contribution in [-0.2, 0) is 0 Å². The summed E-state index contributed by atoms with van der Waals surface area (Å²) in [6.45, 7) is -0.185. The minimum atomic E-state index is -0.374. The average Bonchev–Trinajstić information content (AvgIpc) is 3.05. The van der Waals surface area contributed by atoms with E-state index in [2.05, 4.69) is 4.98 Å². The molecule has 0 radical (unpaired) electrons. The summed E-state index contributed by atoms with van der Waals surface area (Å²) in [6, 6.07) is 11.3. The van der Waals surface area contributed by atoms with Crippen LogP contribution in [0.2, 0.25) is 0 Å². The van der Waals surface area contributed by atoms with Gasteiger partial charge in [0.15, 0.2) is 0 Å². The van der Waals surface area contributed by atoms with E-state index in [9.17, 15) is 10.1 Å². The van der Waals surface area contributed by atoms with Gasteiger partial charge in [0.25, 0.3) is 0 Å². The fraction of sp³-hybridized carbons (Fsp3) is 0.143. The van der Waals surface area contributed by atoms with Crippen LogP contribution in [0.25, 0.3) is 10.9 Å². The van der Waals surface area contributed by atoms with Gasteiger partial charge in [0, 0.05) is 22.0 Å². The average molecular weight is 256 g/mol. The largest absolute Gasteiger partial charge is 0.468 e. The summed E-state index contributed by atoms with van der Waals surface area (Å²) < 4.78 is 5.35. The van der Waals surface area contributed by atoms with Gasteiger partial charge in [-0.05, 0) is 23.8 Å². The van der Waals surface area contributed by atoms with E-state index < -0.39 is 0 Å². The van der Waals surface area contributed by atoms with E-state index >= 15 is 0 Å². The van der Waals surface area contributed by atoms with Gasteiger partial charge in [0.2, 0.25) is 6.54 Å². The number of hydrogen-bond acceptors (Lipinski definition) is 3. The van der Waals surface area contributed by atoms with Crippen molar-refractivity contribution >= 4 is 10.9 Å². The Morgan fingerprint density at radius 1 is 1.26 bits per heavy atom.